The van der Waals surface area contributed by atoms with Crippen LogP contribution in [0.25, 0.3) is 0 Å². The number of thioether (sulfide) groups is 1. The van der Waals surface area contributed by atoms with Crippen molar-refractivity contribution in [1.82, 2.24) is 4.98 Å². The first kappa shape index (κ1) is 15.8. The largest absolute Gasteiger partial charge is 0.341 e. The van der Waals surface area contributed by atoms with E-state index in [1.54, 1.807) is 23.2 Å². The van der Waals surface area contributed by atoms with E-state index in [-0.39, 0.29) is 12.1 Å². The lowest BCUT2D eigenvalue weighted by atomic mass is 10.2. The molecule has 1 aromatic heterocycles. The molecule has 112 valence electrons. The minimum absolute atomic E-state index is 0.174. The molecular formula is C13H14ClN3O3S. The molecule has 0 aromatic carbocycles. The van der Waals surface area contributed by atoms with Crippen molar-refractivity contribution in [1.29, 1.82) is 0 Å². The summed E-state index contributed by atoms with van der Waals surface area (Å²) in [5.41, 5.74) is 0.373. The highest BCUT2D eigenvalue weighted by Gasteiger charge is 2.34. The van der Waals surface area contributed by atoms with Crippen LogP contribution >= 0.6 is 23.4 Å². The summed E-state index contributed by atoms with van der Waals surface area (Å²) in [4.78, 5) is 28.5. The molecule has 0 amide bonds. The van der Waals surface area contributed by atoms with Gasteiger partial charge in [0.15, 0.2) is 5.03 Å². The third kappa shape index (κ3) is 3.54. The van der Waals surface area contributed by atoms with Gasteiger partial charge in [-0.15, -0.1) is 0 Å². The topological polar surface area (TPSA) is 76.3 Å². The monoisotopic (exact) mass is 327 g/mol. The smallest absolute Gasteiger partial charge is 0.328 e. The first-order valence-electron chi connectivity index (χ1n) is 6.48. The fourth-order valence-electron chi connectivity index (χ4n) is 2.03. The van der Waals surface area contributed by atoms with Crippen molar-refractivity contribution in [2.24, 2.45) is 0 Å². The Hall–Kier alpha value is -1.60. The number of halogens is 1. The van der Waals surface area contributed by atoms with Crippen LogP contribution in [0, 0.1) is 10.1 Å². The predicted octanol–water partition coefficient (Wildman–Crippen LogP) is 3.10. The molecule has 0 bridgehead atoms. The lowest BCUT2D eigenvalue weighted by Gasteiger charge is -2.18. The van der Waals surface area contributed by atoms with Gasteiger partial charge in [0.1, 0.15) is 5.15 Å². The van der Waals surface area contributed by atoms with E-state index >= 15 is 0 Å². The molecule has 2 rings (SSSR count). The van der Waals surface area contributed by atoms with Gasteiger partial charge in [-0.05, 0) is 18.6 Å². The Balaban J connectivity index is 2.42. The van der Waals surface area contributed by atoms with Crippen LogP contribution in [-0.2, 0) is 4.79 Å². The van der Waals surface area contributed by atoms with Gasteiger partial charge in [0, 0.05) is 18.7 Å². The summed E-state index contributed by atoms with van der Waals surface area (Å²) in [5, 5.41) is 12.0. The SMILES string of the molecule is CCCC(=O)/C(=C1\SCCN1c1ccc(Cl)nc1)[N+](=O)[O-]. The van der Waals surface area contributed by atoms with Crippen molar-refractivity contribution in [3.63, 3.8) is 0 Å². The minimum Gasteiger partial charge on any atom is -0.328 e. The first-order chi connectivity index (χ1) is 10.0. The molecule has 1 fully saturated rings. The molecule has 6 nitrogen and oxygen atoms in total. The summed E-state index contributed by atoms with van der Waals surface area (Å²) >= 11 is 7.07. The van der Waals surface area contributed by atoms with Crippen LogP contribution in [-0.4, -0.2) is 28.0 Å². The van der Waals surface area contributed by atoms with Gasteiger partial charge in [0.2, 0.25) is 5.78 Å². The van der Waals surface area contributed by atoms with Crippen molar-refractivity contribution in [3.05, 3.63) is 44.3 Å². The molecule has 0 unspecified atom stereocenters. The number of rotatable bonds is 5. The average Bonchev–Trinajstić information content (AvgIpc) is 2.88. The Morgan fingerprint density at radius 2 is 2.33 bits per heavy atom. The number of hydrogen-bond donors (Lipinski definition) is 0. The van der Waals surface area contributed by atoms with E-state index in [9.17, 15) is 14.9 Å². The standard InChI is InChI=1S/C13H14ClN3O3S/c1-2-3-10(18)12(17(19)20)13-16(6-7-21-13)9-4-5-11(14)15-8-9/h4-5,8H,2-3,6-7H2,1H3/b13-12+. The van der Waals surface area contributed by atoms with Gasteiger partial charge in [-0.3, -0.25) is 14.9 Å². The van der Waals surface area contributed by atoms with E-state index in [1.807, 2.05) is 6.92 Å². The van der Waals surface area contributed by atoms with E-state index < -0.39 is 10.7 Å². The lowest BCUT2D eigenvalue weighted by Crippen LogP contribution is -2.23. The fraction of sp³-hybridized carbons (Fsp3) is 0.385. The quantitative estimate of drug-likeness (QED) is 0.358. The number of anilines is 1. The molecule has 1 aromatic rings. The molecule has 1 aliphatic rings. The molecule has 1 saturated heterocycles. The number of hydrogen-bond acceptors (Lipinski definition) is 6. The van der Waals surface area contributed by atoms with Gasteiger partial charge >= 0.3 is 5.70 Å². The Morgan fingerprint density at radius 3 is 2.90 bits per heavy atom. The van der Waals surface area contributed by atoms with Crippen LogP contribution in [0.2, 0.25) is 5.15 Å². The second kappa shape index (κ2) is 6.91. The van der Waals surface area contributed by atoms with Crippen molar-refractivity contribution in [3.8, 4) is 0 Å². The maximum atomic E-state index is 12.0. The van der Waals surface area contributed by atoms with E-state index in [1.165, 1.54) is 11.8 Å². The molecule has 0 radical (unpaired) electrons. The molecule has 1 aliphatic heterocycles. The van der Waals surface area contributed by atoms with E-state index in [0.29, 0.717) is 34.6 Å². The highest BCUT2D eigenvalue weighted by molar-refractivity contribution is 8.03. The first-order valence-corrected chi connectivity index (χ1v) is 7.84. The normalized spacial score (nSPS) is 17.0. The maximum Gasteiger partial charge on any atom is 0.341 e. The van der Waals surface area contributed by atoms with Crippen molar-refractivity contribution in [2.45, 2.75) is 19.8 Å². The van der Waals surface area contributed by atoms with Gasteiger partial charge in [-0.2, -0.15) is 0 Å². The summed E-state index contributed by atoms with van der Waals surface area (Å²) < 4.78 is 0. The summed E-state index contributed by atoms with van der Waals surface area (Å²) in [6, 6.07) is 3.36. The number of Topliss-reactive ketones (excluding diaryl/α,β-unsaturated/α-hetero) is 1. The van der Waals surface area contributed by atoms with Crippen LogP contribution in [0.5, 0.6) is 0 Å². The van der Waals surface area contributed by atoms with E-state index in [0.717, 1.165) is 0 Å². The molecule has 2 heterocycles. The van der Waals surface area contributed by atoms with Gasteiger partial charge in [-0.25, -0.2) is 4.98 Å². The van der Waals surface area contributed by atoms with E-state index in [2.05, 4.69) is 4.98 Å². The zero-order valence-corrected chi connectivity index (χ0v) is 13.0. The summed E-state index contributed by atoms with van der Waals surface area (Å²) in [7, 11) is 0. The lowest BCUT2D eigenvalue weighted by molar-refractivity contribution is -0.419. The number of nitrogens with zero attached hydrogens (tertiary/aromatic N) is 3. The van der Waals surface area contributed by atoms with Gasteiger partial charge < -0.3 is 4.90 Å². The van der Waals surface area contributed by atoms with Gasteiger partial charge in [0.05, 0.1) is 16.8 Å². The number of allylic oxidation sites excluding steroid dienone is 1. The number of nitro groups is 1. The van der Waals surface area contributed by atoms with Crippen LogP contribution in [0.3, 0.4) is 0 Å². The minimum atomic E-state index is -0.581. The second-order valence-corrected chi connectivity index (χ2v) is 5.89. The van der Waals surface area contributed by atoms with Crippen LogP contribution in [0.1, 0.15) is 19.8 Å². The van der Waals surface area contributed by atoms with Crippen molar-refractivity contribution >= 4 is 34.8 Å². The Bertz CT molecular complexity index is 589. The number of ketones is 1. The highest BCUT2D eigenvalue weighted by Crippen LogP contribution is 2.35. The number of carbonyl (C=O) groups is 1. The molecular weight excluding hydrogens is 314 g/mol. The zero-order chi connectivity index (χ0) is 15.4. The van der Waals surface area contributed by atoms with Gasteiger partial charge in [0.25, 0.3) is 0 Å². The van der Waals surface area contributed by atoms with Gasteiger partial charge in [-0.1, -0.05) is 30.3 Å². The Morgan fingerprint density at radius 1 is 1.57 bits per heavy atom. The molecule has 0 spiro atoms. The second-order valence-electron chi connectivity index (χ2n) is 4.42. The third-order valence-corrected chi connectivity index (χ3v) is 4.25. The molecule has 0 saturated carbocycles. The number of aromatic nitrogens is 1. The number of pyridine rings is 1. The maximum absolute atomic E-state index is 12.0. The number of carbonyl (C=O) groups excluding carboxylic acids is 1. The zero-order valence-electron chi connectivity index (χ0n) is 11.4. The van der Waals surface area contributed by atoms with Crippen molar-refractivity contribution in [2.75, 3.05) is 17.2 Å². The Labute approximate surface area is 131 Å². The summed E-state index contributed by atoms with van der Waals surface area (Å²) in [6.45, 7) is 2.42. The van der Waals surface area contributed by atoms with E-state index in [4.69, 9.17) is 11.6 Å². The molecule has 21 heavy (non-hydrogen) atoms. The van der Waals surface area contributed by atoms with Crippen LogP contribution < -0.4 is 4.90 Å². The van der Waals surface area contributed by atoms with Crippen LogP contribution in [0.15, 0.2) is 29.1 Å². The average molecular weight is 328 g/mol. The predicted molar refractivity (Wildman–Crippen MR) is 83.0 cm³/mol. The fourth-order valence-corrected chi connectivity index (χ4v) is 3.28. The van der Waals surface area contributed by atoms with Crippen LogP contribution in [0.4, 0.5) is 5.69 Å². The van der Waals surface area contributed by atoms with Crippen molar-refractivity contribution < 1.29 is 9.72 Å². The molecule has 0 atom stereocenters. The third-order valence-electron chi connectivity index (χ3n) is 2.95. The molecule has 0 N–H and O–H groups in total. The Kier molecular flexibility index (Phi) is 5.19. The summed E-state index contributed by atoms with van der Waals surface area (Å²) in [6.07, 6.45) is 2.31. The molecule has 8 heteroatoms. The summed E-state index contributed by atoms with van der Waals surface area (Å²) in [5.74, 6) is 0.258. The molecule has 0 aliphatic carbocycles. The highest BCUT2D eigenvalue weighted by atomic mass is 35.5.